The van der Waals surface area contributed by atoms with Crippen LogP contribution in [0, 0.1) is 0 Å². The highest BCUT2D eigenvalue weighted by Gasteiger charge is 2.30. The molecule has 1 aliphatic heterocycles. The maximum Gasteiger partial charge on any atom is 0.338 e. The Morgan fingerprint density at radius 3 is 2.27 bits per heavy atom. The van der Waals surface area contributed by atoms with Crippen molar-refractivity contribution in [1.29, 1.82) is 0 Å². The van der Waals surface area contributed by atoms with Crippen LogP contribution in [0.15, 0.2) is 0 Å². The molecule has 1 heterocycles. The molecule has 0 aromatic heterocycles. The van der Waals surface area contributed by atoms with Gasteiger partial charge in [-0.1, -0.05) is 21.6 Å². The van der Waals surface area contributed by atoms with Crippen molar-refractivity contribution < 1.29 is 49.4 Å². The van der Waals surface area contributed by atoms with E-state index in [0.717, 1.165) is 21.6 Å². The van der Waals surface area contributed by atoms with Crippen molar-refractivity contribution in [2.45, 2.75) is 43.4 Å². The van der Waals surface area contributed by atoms with Crippen molar-refractivity contribution in [2.24, 2.45) is 17.2 Å². The van der Waals surface area contributed by atoms with E-state index in [0.29, 0.717) is 6.42 Å². The van der Waals surface area contributed by atoms with Crippen LogP contribution in [-0.4, -0.2) is 108 Å². The third-order valence-corrected chi connectivity index (χ3v) is 7.61. The Bertz CT molecular complexity index is 994. The number of carboxylic acid groups (broad SMARTS) is 1. The number of rotatable bonds is 9. The molecule has 18 nitrogen and oxygen atoms in total. The van der Waals surface area contributed by atoms with Crippen molar-refractivity contribution >= 4 is 69.0 Å². The molecule has 0 unspecified atom stereocenters. The summed E-state index contributed by atoms with van der Waals surface area (Å²) in [5.74, 6) is -5.92. The van der Waals surface area contributed by atoms with E-state index < -0.39 is 85.1 Å². The van der Waals surface area contributed by atoms with E-state index in [1.54, 1.807) is 0 Å². The molecule has 16 N–H and O–H groups in total. The van der Waals surface area contributed by atoms with Crippen molar-refractivity contribution in [3.05, 3.63) is 0 Å². The fourth-order valence-electron chi connectivity index (χ4n) is 3.11. The Hall–Kier alpha value is -3.78. The molecule has 0 aromatic rings. The number of quaternary nitrogens is 1. The minimum absolute atomic E-state index is 0.0264. The van der Waals surface area contributed by atoms with Gasteiger partial charge in [0.1, 0.15) is 24.7 Å². The van der Waals surface area contributed by atoms with Gasteiger partial charge in [-0.25, -0.2) is 0 Å². The summed E-state index contributed by atoms with van der Waals surface area (Å²) < 4.78 is 0. The van der Waals surface area contributed by atoms with Gasteiger partial charge in [0.05, 0.1) is 25.3 Å². The van der Waals surface area contributed by atoms with Crippen LogP contribution in [0.4, 0.5) is 0 Å². The number of hydrogen-bond acceptors (Lipinski definition) is 9. The van der Waals surface area contributed by atoms with Crippen LogP contribution in [-0.2, 0) is 33.6 Å². The highest BCUT2D eigenvalue weighted by Crippen LogP contribution is 2.22. The lowest BCUT2D eigenvalue weighted by atomic mass is 10.1. The Morgan fingerprint density at radius 2 is 1.65 bits per heavy atom. The van der Waals surface area contributed by atoms with Gasteiger partial charge in [-0.3, -0.25) is 50.0 Å². The summed E-state index contributed by atoms with van der Waals surface area (Å²) in [6, 6.07) is -4.60. The molecule has 20 heteroatoms. The number of amides is 6. The summed E-state index contributed by atoms with van der Waals surface area (Å²) in [6.07, 6.45) is -0.151. The van der Waals surface area contributed by atoms with Crippen LogP contribution in [0.3, 0.4) is 0 Å². The fraction of sp³-hybridized carbons (Fsp3) is 0.600. The lowest BCUT2D eigenvalue weighted by Gasteiger charge is -2.23. The number of hydrogen-bond donors (Lipinski definition) is 11. The molecule has 1 rings (SSSR count). The number of nitrogens with one attached hydrogen (secondary N) is 6. The van der Waals surface area contributed by atoms with Gasteiger partial charge in [0.25, 0.3) is 5.91 Å². The Balaban J connectivity index is 3.19. The average Bonchev–Trinajstić information content (AvgIpc) is 2.87. The van der Waals surface area contributed by atoms with Gasteiger partial charge in [0.2, 0.25) is 29.5 Å². The predicted octanol–water partition coefficient (Wildman–Crippen LogP) is -8.23. The van der Waals surface area contributed by atoms with Crippen molar-refractivity contribution in [3.8, 4) is 0 Å². The van der Waals surface area contributed by atoms with Crippen LogP contribution in [0.2, 0.25) is 0 Å². The van der Waals surface area contributed by atoms with E-state index in [1.807, 2.05) is 0 Å². The van der Waals surface area contributed by atoms with E-state index in [2.05, 4.69) is 37.3 Å². The first kappa shape index (κ1) is 34.2. The van der Waals surface area contributed by atoms with Gasteiger partial charge in [0.15, 0.2) is 6.04 Å². The van der Waals surface area contributed by atoms with Crippen LogP contribution < -0.4 is 54.5 Å². The predicted molar refractivity (Wildman–Crippen MR) is 143 cm³/mol. The second-order valence-corrected chi connectivity index (χ2v) is 11.1. The number of carbonyl (C=O) groups is 7. The molecular formula is C20H36N10O8S2+2. The van der Waals surface area contributed by atoms with Gasteiger partial charge in [-0.2, -0.15) is 0 Å². The summed E-state index contributed by atoms with van der Waals surface area (Å²) in [7, 11) is 2.24. The van der Waals surface area contributed by atoms with Crippen LogP contribution in [0.1, 0.15) is 19.3 Å². The molecule has 1 fully saturated rings. The molecule has 1 aliphatic rings. The highest BCUT2D eigenvalue weighted by molar-refractivity contribution is 8.76. The van der Waals surface area contributed by atoms with Gasteiger partial charge >= 0.3 is 11.9 Å². The fourth-order valence-corrected chi connectivity index (χ4v) is 5.46. The Kier molecular flexibility index (Phi) is 15.2. The largest absolute Gasteiger partial charge is 0.480 e. The number of guanidine groups is 1. The van der Waals surface area contributed by atoms with Gasteiger partial charge in [-0.15, -0.1) is 0 Å². The minimum atomic E-state index is -1.36. The first-order valence-corrected chi connectivity index (χ1v) is 14.4. The van der Waals surface area contributed by atoms with Gasteiger partial charge in [-0.05, 0) is 12.8 Å². The summed E-state index contributed by atoms with van der Waals surface area (Å²) in [6.45, 7) is -1.04. The van der Waals surface area contributed by atoms with Gasteiger partial charge in [0, 0.05) is 5.75 Å². The molecule has 0 saturated carbocycles. The monoisotopic (exact) mass is 608 g/mol. The van der Waals surface area contributed by atoms with Crippen molar-refractivity contribution in [1.82, 2.24) is 26.6 Å². The van der Waals surface area contributed by atoms with Crippen LogP contribution in [0.25, 0.3) is 0 Å². The van der Waals surface area contributed by atoms with Crippen molar-refractivity contribution in [3.63, 3.8) is 0 Å². The Labute approximate surface area is 236 Å². The summed E-state index contributed by atoms with van der Waals surface area (Å²) in [5, 5.41) is 20.7. The number of primary amides is 1. The molecule has 6 amide bonds. The van der Waals surface area contributed by atoms with E-state index >= 15 is 0 Å². The maximum atomic E-state index is 13.1. The number of carbonyl (C=O) groups excluding carboxylic acids is 6. The molecular weight excluding hydrogens is 572 g/mol. The zero-order chi connectivity index (χ0) is 30.2. The normalized spacial score (nSPS) is 23.3. The first-order valence-electron chi connectivity index (χ1n) is 11.9. The minimum Gasteiger partial charge on any atom is -0.480 e. The number of aliphatic carboxylic acids is 1. The van der Waals surface area contributed by atoms with Gasteiger partial charge < -0.3 is 43.2 Å². The van der Waals surface area contributed by atoms with Crippen LogP contribution in [0.5, 0.6) is 0 Å². The molecule has 0 aliphatic carbocycles. The Morgan fingerprint density at radius 1 is 0.975 bits per heavy atom. The molecule has 224 valence electrons. The molecule has 0 bridgehead atoms. The van der Waals surface area contributed by atoms with E-state index in [-0.39, 0.29) is 30.4 Å². The third-order valence-electron chi connectivity index (χ3n) is 5.12. The molecule has 0 aromatic carbocycles. The van der Waals surface area contributed by atoms with Crippen molar-refractivity contribution in [2.75, 3.05) is 31.1 Å². The quantitative estimate of drug-likeness (QED) is 0.0503. The maximum absolute atomic E-state index is 13.1. The second-order valence-electron chi connectivity index (χ2n) is 8.53. The summed E-state index contributed by atoms with van der Waals surface area (Å²) in [4.78, 5) is 88.4. The van der Waals surface area contributed by atoms with E-state index in [1.165, 1.54) is 0 Å². The van der Waals surface area contributed by atoms with Crippen LogP contribution >= 0.6 is 21.6 Å². The number of nitrogens with two attached hydrogens (primary N) is 3. The zero-order valence-electron chi connectivity index (χ0n) is 21.5. The summed E-state index contributed by atoms with van der Waals surface area (Å²) >= 11 is 0. The second kappa shape index (κ2) is 17.7. The smallest absolute Gasteiger partial charge is 0.338 e. The van der Waals surface area contributed by atoms with E-state index in [4.69, 9.17) is 22.3 Å². The molecule has 0 radical (unpaired) electrons. The topological polar surface area (TPSA) is 320 Å². The van der Waals surface area contributed by atoms with E-state index in [9.17, 15) is 33.6 Å². The first-order chi connectivity index (χ1) is 18.8. The highest BCUT2D eigenvalue weighted by atomic mass is 33.1. The summed E-state index contributed by atoms with van der Waals surface area (Å²) in [5.41, 5.74) is 19.6. The number of carboxylic acids is 1. The molecule has 0 spiro atoms. The average molecular weight is 609 g/mol. The lowest BCUT2D eigenvalue weighted by molar-refractivity contribution is -0.459. The molecule has 40 heavy (non-hydrogen) atoms. The SMILES string of the molecule is NC(=O)C[C@@H]1NC(=O)[C@@H]([NH3+])CSSC[C@@H](C(=O)NCC(=O)O)NC(=O)[C@H](CCC[NH+]=C(N)N)NC(=O)CNC1=O. The lowest BCUT2D eigenvalue weighted by Crippen LogP contribution is -2.78. The molecule has 4 atom stereocenters. The third kappa shape index (κ3) is 13.8. The zero-order valence-corrected chi connectivity index (χ0v) is 23.2. The molecule has 1 saturated heterocycles. The standard InChI is InChI=1S/C20H34N10O8S2/c21-9-7-39-40-8-12(18(37)27-6-15(33)34)30-19(38)10(2-1-3-25-20(23)24)28-14(32)5-26-17(36)11(4-13(22)31)29-16(9)35/h9-12H,1-8,21H2,(H2,22,31)(H,26,36)(H,27,37)(H,28,32)(H,29,35)(H,30,38)(H,33,34)(H4,23,24,25)/p+2/t9-,10-,11-,12-/m0/s1.